The van der Waals surface area contributed by atoms with E-state index >= 15 is 0 Å². The molecule has 33 heavy (non-hydrogen) atoms. The van der Waals surface area contributed by atoms with Crippen LogP contribution in [0, 0.1) is 17.6 Å². The molecule has 0 spiro atoms. The van der Waals surface area contributed by atoms with Crippen LogP contribution in [0.1, 0.15) is 19.1 Å². The second-order valence-electron chi connectivity index (χ2n) is 8.43. The number of ether oxygens (including phenoxy) is 2. The van der Waals surface area contributed by atoms with Crippen LogP contribution >= 0.6 is 0 Å². The fourth-order valence-corrected chi connectivity index (χ4v) is 4.96. The van der Waals surface area contributed by atoms with Crippen molar-refractivity contribution in [2.75, 3.05) is 11.5 Å². The van der Waals surface area contributed by atoms with Crippen LogP contribution in [0.2, 0.25) is 0 Å². The average Bonchev–Trinajstić information content (AvgIpc) is 3.43. The Kier molecular flexibility index (Phi) is 4.39. The summed E-state index contributed by atoms with van der Waals surface area (Å²) in [5.41, 5.74) is 12.2. The van der Waals surface area contributed by atoms with E-state index in [9.17, 15) is 13.9 Å². The number of fused-ring (bicyclic) bond motifs is 3. The second kappa shape index (κ2) is 7.22. The van der Waals surface area contributed by atoms with Gasteiger partial charge in [0.15, 0.2) is 29.3 Å². The van der Waals surface area contributed by atoms with Gasteiger partial charge in [0.2, 0.25) is 0 Å². The fourth-order valence-electron chi connectivity index (χ4n) is 4.96. The van der Waals surface area contributed by atoms with E-state index in [4.69, 9.17) is 20.9 Å². The highest BCUT2D eigenvalue weighted by Gasteiger charge is 2.52. The molecule has 0 bridgehead atoms. The van der Waals surface area contributed by atoms with Crippen molar-refractivity contribution in [1.29, 1.82) is 0 Å². The maximum absolute atomic E-state index is 14.5. The number of benzene rings is 1. The zero-order valence-corrected chi connectivity index (χ0v) is 17.2. The maximum atomic E-state index is 14.5. The average molecular weight is 454 g/mol. The number of aliphatic hydroxyl groups is 1. The van der Waals surface area contributed by atoms with Crippen LogP contribution in [0.4, 0.5) is 20.4 Å². The van der Waals surface area contributed by atoms with Crippen molar-refractivity contribution in [3.05, 3.63) is 48.4 Å². The molecular formula is C22H20F2N6O3. The number of aromatic nitrogens is 4. The van der Waals surface area contributed by atoms with Gasteiger partial charge in [-0.15, -0.1) is 0 Å². The monoisotopic (exact) mass is 454 g/mol. The molecule has 2 fully saturated rings. The van der Waals surface area contributed by atoms with Gasteiger partial charge in [-0.05, 0) is 31.0 Å². The second-order valence-corrected chi connectivity index (χ2v) is 8.43. The Morgan fingerprint density at radius 2 is 1.94 bits per heavy atom. The number of aliphatic hydroxyl groups excluding tert-OH is 1. The van der Waals surface area contributed by atoms with Crippen molar-refractivity contribution < 1.29 is 23.4 Å². The van der Waals surface area contributed by atoms with E-state index in [1.165, 1.54) is 23.2 Å². The normalized spacial score (nSPS) is 26.8. The van der Waals surface area contributed by atoms with Gasteiger partial charge in [-0.1, -0.05) is 0 Å². The Bertz CT molecular complexity index is 1400. The van der Waals surface area contributed by atoms with Crippen LogP contribution in [0.25, 0.3) is 21.9 Å². The number of nitrogen functional groups attached to an aromatic ring is 2. The van der Waals surface area contributed by atoms with Gasteiger partial charge < -0.3 is 30.6 Å². The molecule has 1 aliphatic carbocycles. The Hall–Kier alpha value is -3.57. The summed E-state index contributed by atoms with van der Waals surface area (Å²) in [6, 6.07) is 6.45. The van der Waals surface area contributed by atoms with Crippen LogP contribution in [-0.2, 0) is 4.74 Å². The third-order valence-electron chi connectivity index (χ3n) is 6.52. The molecule has 0 amide bonds. The largest absolute Gasteiger partial charge is 0.488 e. The van der Waals surface area contributed by atoms with Gasteiger partial charge in [-0.25, -0.2) is 23.7 Å². The van der Waals surface area contributed by atoms with Crippen LogP contribution in [0.5, 0.6) is 5.75 Å². The summed E-state index contributed by atoms with van der Waals surface area (Å²) in [6.45, 7) is 0. The summed E-state index contributed by atoms with van der Waals surface area (Å²) in [5.74, 6) is -0.968. The van der Waals surface area contributed by atoms with Crippen LogP contribution in [-0.4, -0.2) is 42.9 Å². The fraction of sp³-hybridized carbons (Fsp3) is 0.318. The van der Waals surface area contributed by atoms with Gasteiger partial charge in [-0.3, -0.25) is 0 Å². The predicted octanol–water partition coefficient (Wildman–Crippen LogP) is 2.54. The van der Waals surface area contributed by atoms with Gasteiger partial charge in [0.05, 0.1) is 10.9 Å². The lowest BCUT2D eigenvalue weighted by Crippen LogP contribution is -2.30. The van der Waals surface area contributed by atoms with Crippen LogP contribution < -0.4 is 16.2 Å². The molecule has 170 valence electrons. The quantitative estimate of drug-likeness (QED) is 0.430. The van der Waals surface area contributed by atoms with Crippen LogP contribution in [0.15, 0.2) is 36.8 Å². The SMILES string of the molecule is Nc1nc2cc(O[C@H]3CCC4[C@@H](O)[C@H](n5cc(F)c6c(N)ncnc65)O[C@@H]43)ccc2cc1F. The van der Waals surface area contributed by atoms with Crippen molar-refractivity contribution in [1.82, 2.24) is 19.5 Å². The zero-order chi connectivity index (χ0) is 22.9. The first-order valence-corrected chi connectivity index (χ1v) is 10.5. The van der Waals surface area contributed by atoms with Crippen molar-refractivity contribution in [3.8, 4) is 5.75 Å². The van der Waals surface area contributed by atoms with Crippen molar-refractivity contribution in [3.63, 3.8) is 0 Å². The molecule has 1 saturated carbocycles. The van der Waals surface area contributed by atoms with E-state index in [1.807, 2.05) is 0 Å². The minimum atomic E-state index is -0.879. The highest BCUT2D eigenvalue weighted by Crippen LogP contribution is 2.46. The number of nitrogens with two attached hydrogens (primary N) is 2. The van der Waals surface area contributed by atoms with E-state index in [1.54, 1.807) is 18.2 Å². The first kappa shape index (κ1) is 20.1. The lowest BCUT2D eigenvalue weighted by molar-refractivity contribution is -0.0655. The van der Waals surface area contributed by atoms with E-state index in [-0.39, 0.29) is 34.7 Å². The highest BCUT2D eigenvalue weighted by atomic mass is 19.1. The minimum Gasteiger partial charge on any atom is -0.488 e. The van der Waals surface area contributed by atoms with E-state index in [0.29, 0.717) is 29.5 Å². The van der Waals surface area contributed by atoms with E-state index in [2.05, 4.69) is 15.0 Å². The first-order chi connectivity index (χ1) is 15.9. The topological polar surface area (TPSA) is 134 Å². The van der Waals surface area contributed by atoms with Gasteiger partial charge in [0.25, 0.3) is 0 Å². The van der Waals surface area contributed by atoms with Crippen molar-refractivity contribution >= 4 is 33.6 Å². The summed E-state index contributed by atoms with van der Waals surface area (Å²) < 4.78 is 42.0. The summed E-state index contributed by atoms with van der Waals surface area (Å²) >= 11 is 0. The lowest BCUT2D eigenvalue weighted by Gasteiger charge is -2.22. The lowest BCUT2D eigenvalue weighted by atomic mass is 10.0. The molecule has 5 atom stereocenters. The molecule has 2 aliphatic rings. The molecule has 1 unspecified atom stereocenters. The molecule has 4 aromatic rings. The molecule has 1 aliphatic heterocycles. The Labute approximate surface area is 186 Å². The molecule has 1 saturated heterocycles. The van der Waals surface area contributed by atoms with E-state index < -0.39 is 30.1 Å². The third kappa shape index (κ3) is 3.07. The van der Waals surface area contributed by atoms with Crippen molar-refractivity contribution in [2.24, 2.45) is 5.92 Å². The Balaban J connectivity index is 1.27. The standard InChI is InChI=1S/C22H20F2N6O3/c23-12-5-9-1-2-10(6-14(9)29-19(12)25)32-15-4-3-11-17(31)22(33-18(11)15)30-7-13(24)16-20(26)27-8-28-21(16)30/h1-2,5-8,11,15,17-18,22,31H,3-4H2,(H2,25,29)(H2,26,27,28)/t11?,15-,17+,18-,22+/m0/s1. The molecule has 0 radical (unpaired) electrons. The Morgan fingerprint density at radius 3 is 2.79 bits per heavy atom. The zero-order valence-electron chi connectivity index (χ0n) is 17.2. The number of hydrogen-bond acceptors (Lipinski definition) is 8. The molecule has 5 N–H and O–H groups in total. The van der Waals surface area contributed by atoms with Crippen molar-refractivity contribution in [2.45, 2.75) is 37.4 Å². The van der Waals surface area contributed by atoms with Crippen LogP contribution in [0.3, 0.4) is 0 Å². The molecule has 6 rings (SSSR count). The molecule has 4 heterocycles. The maximum Gasteiger partial charge on any atom is 0.165 e. The summed E-state index contributed by atoms with van der Waals surface area (Å²) in [6.07, 6.45) is 1.35. The van der Waals surface area contributed by atoms with Gasteiger partial charge in [0, 0.05) is 23.6 Å². The highest BCUT2D eigenvalue weighted by molar-refractivity contribution is 5.87. The molecule has 1 aromatic carbocycles. The molecule has 11 heteroatoms. The molecule has 9 nitrogen and oxygen atoms in total. The first-order valence-electron chi connectivity index (χ1n) is 10.5. The summed E-state index contributed by atoms with van der Waals surface area (Å²) in [4.78, 5) is 12.0. The predicted molar refractivity (Wildman–Crippen MR) is 115 cm³/mol. The number of anilines is 2. The van der Waals surface area contributed by atoms with Gasteiger partial charge in [-0.2, -0.15) is 0 Å². The van der Waals surface area contributed by atoms with E-state index in [0.717, 1.165) is 0 Å². The summed E-state index contributed by atoms with van der Waals surface area (Å²) in [7, 11) is 0. The molecule has 3 aromatic heterocycles. The number of halogens is 2. The number of hydrogen-bond donors (Lipinski definition) is 3. The number of nitrogens with zero attached hydrogens (tertiary/aromatic N) is 4. The molecular weight excluding hydrogens is 434 g/mol. The van der Waals surface area contributed by atoms with Gasteiger partial charge >= 0.3 is 0 Å². The smallest absolute Gasteiger partial charge is 0.165 e. The third-order valence-corrected chi connectivity index (χ3v) is 6.52. The minimum absolute atomic E-state index is 0.0237. The number of pyridine rings is 1. The summed E-state index contributed by atoms with van der Waals surface area (Å²) in [5, 5.41) is 11.7. The number of rotatable bonds is 3. The Morgan fingerprint density at radius 1 is 1.09 bits per heavy atom. The van der Waals surface area contributed by atoms with Gasteiger partial charge in [0.1, 0.15) is 36.2 Å².